The lowest BCUT2D eigenvalue weighted by Gasteiger charge is -2.35. The van der Waals surface area contributed by atoms with Gasteiger partial charge in [0.1, 0.15) is 5.82 Å². The molecule has 0 aliphatic carbocycles. The highest BCUT2D eigenvalue weighted by molar-refractivity contribution is 5.16. The molecule has 2 saturated heterocycles. The van der Waals surface area contributed by atoms with Crippen molar-refractivity contribution in [2.45, 2.75) is 37.8 Å². The van der Waals surface area contributed by atoms with Gasteiger partial charge in [-0.15, -0.1) is 0 Å². The SMILES string of the molecule is Fc1ccc(CN2CC[C@@]3(CCCCN3)C2)cc1. The number of nitrogens with zero attached hydrogens (tertiary/aromatic N) is 1. The minimum atomic E-state index is -0.148. The molecule has 98 valence electrons. The molecule has 0 unspecified atom stereocenters. The van der Waals surface area contributed by atoms with E-state index in [4.69, 9.17) is 0 Å². The quantitative estimate of drug-likeness (QED) is 0.865. The Bertz CT molecular complexity index is 395. The fraction of sp³-hybridized carbons (Fsp3) is 0.600. The van der Waals surface area contributed by atoms with Crippen molar-refractivity contribution in [3.63, 3.8) is 0 Å². The topological polar surface area (TPSA) is 15.3 Å². The number of piperidine rings is 1. The molecule has 1 aromatic rings. The molecule has 0 bridgehead atoms. The van der Waals surface area contributed by atoms with Crippen LogP contribution < -0.4 is 5.32 Å². The van der Waals surface area contributed by atoms with Crippen molar-refractivity contribution in [1.82, 2.24) is 10.2 Å². The lowest BCUT2D eigenvalue weighted by Crippen LogP contribution is -2.50. The number of halogens is 1. The van der Waals surface area contributed by atoms with E-state index in [9.17, 15) is 4.39 Å². The third kappa shape index (κ3) is 2.57. The molecule has 2 aliphatic rings. The highest BCUT2D eigenvalue weighted by Gasteiger charge is 2.38. The van der Waals surface area contributed by atoms with Crippen LogP contribution in [0.15, 0.2) is 24.3 Å². The maximum Gasteiger partial charge on any atom is 0.123 e. The smallest absolute Gasteiger partial charge is 0.123 e. The van der Waals surface area contributed by atoms with Crippen LogP contribution in [-0.2, 0) is 6.54 Å². The summed E-state index contributed by atoms with van der Waals surface area (Å²) < 4.78 is 12.9. The van der Waals surface area contributed by atoms with Crippen LogP contribution in [-0.4, -0.2) is 30.1 Å². The van der Waals surface area contributed by atoms with Gasteiger partial charge in [-0.05, 0) is 43.5 Å². The van der Waals surface area contributed by atoms with Crippen LogP contribution in [0.2, 0.25) is 0 Å². The van der Waals surface area contributed by atoms with Gasteiger partial charge in [0.15, 0.2) is 0 Å². The monoisotopic (exact) mass is 248 g/mol. The maximum absolute atomic E-state index is 12.9. The standard InChI is InChI=1S/C15H21FN2/c16-14-5-3-13(4-6-14)11-18-10-8-15(12-18)7-1-2-9-17-15/h3-6,17H,1-2,7-12H2/t15-/m0/s1. The summed E-state index contributed by atoms with van der Waals surface area (Å²) in [5.41, 5.74) is 1.59. The third-order valence-corrected chi connectivity index (χ3v) is 4.33. The van der Waals surface area contributed by atoms with Crippen LogP contribution in [0.5, 0.6) is 0 Å². The van der Waals surface area contributed by atoms with Crippen LogP contribution in [0, 0.1) is 5.82 Å². The first-order valence-corrected chi connectivity index (χ1v) is 6.98. The van der Waals surface area contributed by atoms with E-state index in [0.717, 1.165) is 19.6 Å². The summed E-state index contributed by atoms with van der Waals surface area (Å²) in [5, 5.41) is 3.72. The molecule has 1 aromatic carbocycles. The van der Waals surface area contributed by atoms with Gasteiger partial charge in [0.25, 0.3) is 0 Å². The van der Waals surface area contributed by atoms with Crippen LogP contribution in [0.1, 0.15) is 31.2 Å². The number of benzene rings is 1. The zero-order chi connectivity index (χ0) is 12.4. The van der Waals surface area contributed by atoms with Crippen LogP contribution in [0.25, 0.3) is 0 Å². The molecule has 2 heterocycles. The predicted molar refractivity (Wildman–Crippen MR) is 70.9 cm³/mol. The predicted octanol–water partition coefficient (Wildman–Crippen LogP) is 2.54. The Morgan fingerprint density at radius 2 is 2.00 bits per heavy atom. The van der Waals surface area contributed by atoms with E-state index in [1.54, 1.807) is 12.1 Å². The largest absolute Gasteiger partial charge is 0.310 e. The molecule has 2 fully saturated rings. The zero-order valence-corrected chi connectivity index (χ0v) is 10.8. The summed E-state index contributed by atoms with van der Waals surface area (Å²) in [7, 11) is 0. The molecular formula is C15H21FN2. The maximum atomic E-state index is 12.9. The van der Waals surface area contributed by atoms with E-state index in [0.29, 0.717) is 5.54 Å². The first-order valence-electron chi connectivity index (χ1n) is 6.98. The fourth-order valence-corrected chi connectivity index (χ4v) is 3.32. The molecule has 3 rings (SSSR count). The summed E-state index contributed by atoms with van der Waals surface area (Å²) in [6, 6.07) is 6.91. The molecule has 0 saturated carbocycles. The number of hydrogen-bond donors (Lipinski definition) is 1. The molecule has 2 aliphatic heterocycles. The number of rotatable bonds is 2. The average Bonchev–Trinajstić information content (AvgIpc) is 2.76. The van der Waals surface area contributed by atoms with Crippen molar-refractivity contribution >= 4 is 0 Å². The van der Waals surface area contributed by atoms with Crippen molar-refractivity contribution < 1.29 is 4.39 Å². The van der Waals surface area contributed by atoms with Crippen molar-refractivity contribution in [2.24, 2.45) is 0 Å². The van der Waals surface area contributed by atoms with Crippen LogP contribution in [0.4, 0.5) is 4.39 Å². The van der Waals surface area contributed by atoms with Crippen molar-refractivity contribution in [1.29, 1.82) is 0 Å². The first kappa shape index (κ1) is 12.1. The van der Waals surface area contributed by atoms with E-state index >= 15 is 0 Å². The summed E-state index contributed by atoms with van der Waals surface area (Å²) in [6.07, 6.45) is 5.25. The number of likely N-dealkylation sites (tertiary alicyclic amines) is 1. The molecule has 0 amide bonds. The number of hydrogen-bond acceptors (Lipinski definition) is 2. The van der Waals surface area contributed by atoms with Gasteiger partial charge in [0.05, 0.1) is 0 Å². The molecular weight excluding hydrogens is 227 g/mol. The third-order valence-electron chi connectivity index (χ3n) is 4.33. The van der Waals surface area contributed by atoms with E-state index in [2.05, 4.69) is 10.2 Å². The lowest BCUT2D eigenvalue weighted by atomic mass is 9.88. The molecule has 1 atom stereocenters. The molecule has 2 nitrogen and oxygen atoms in total. The van der Waals surface area contributed by atoms with Gasteiger partial charge in [-0.2, -0.15) is 0 Å². The van der Waals surface area contributed by atoms with E-state index in [-0.39, 0.29) is 5.82 Å². The summed E-state index contributed by atoms with van der Waals surface area (Å²) >= 11 is 0. The fourth-order valence-electron chi connectivity index (χ4n) is 3.32. The van der Waals surface area contributed by atoms with Crippen LogP contribution in [0.3, 0.4) is 0 Å². The number of nitrogens with one attached hydrogen (secondary N) is 1. The van der Waals surface area contributed by atoms with E-state index in [1.165, 1.54) is 37.8 Å². The minimum Gasteiger partial charge on any atom is -0.310 e. The Morgan fingerprint density at radius 1 is 1.17 bits per heavy atom. The van der Waals surface area contributed by atoms with E-state index in [1.807, 2.05) is 12.1 Å². The van der Waals surface area contributed by atoms with Gasteiger partial charge < -0.3 is 5.32 Å². The molecule has 1 N–H and O–H groups in total. The average molecular weight is 248 g/mol. The highest BCUT2D eigenvalue weighted by atomic mass is 19.1. The van der Waals surface area contributed by atoms with Crippen LogP contribution >= 0.6 is 0 Å². The molecule has 3 heteroatoms. The van der Waals surface area contributed by atoms with E-state index < -0.39 is 0 Å². The second-order valence-electron chi connectivity index (χ2n) is 5.75. The van der Waals surface area contributed by atoms with Gasteiger partial charge >= 0.3 is 0 Å². The first-order chi connectivity index (χ1) is 8.76. The summed E-state index contributed by atoms with van der Waals surface area (Å²) in [4.78, 5) is 2.49. The lowest BCUT2D eigenvalue weighted by molar-refractivity contribution is 0.234. The molecule has 18 heavy (non-hydrogen) atoms. The molecule has 0 radical (unpaired) electrons. The Morgan fingerprint density at radius 3 is 2.72 bits per heavy atom. The Hall–Kier alpha value is -0.930. The Kier molecular flexibility index (Phi) is 3.35. The van der Waals surface area contributed by atoms with Gasteiger partial charge in [-0.1, -0.05) is 18.6 Å². The zero-order valence-electron chi connectivity index (χ0n) is 10.8. The molecule has 0 aromatic heterocycles. The highest BCUT2D eigenvalue weighted by Crippen LogP contribution is 2.30. The van der Waals surface area contributed by atoms with Gasteiger partial charge in [-0.25, -0.2) is 4.39 Å². The van der Waals surface area contributed by atoms with Gasteiger partial charge in [0.2, 0.25) is 0 Å². The molecule has 1 spiro atoms. The van der Waals surface area contributed by atoms with Gasteiger partial charge in [0, 0.05) is 25.2 Å². The normalized spacial score (nSPS) is 28.9. The second kappa shape index (κ2) is 4.98. The Balaban J connectivity index is 1.60. The second-order valence-corrected chi connectivity index (χ2v) is 5.75. The minimum absolute atomic E-state index is 0.148. The van der Waals surface area contributed by atoms with Crippen molar-refractivity contribution in [2.75, 3.05) is 19.6 Å². The van der Waals surface area contributed by atoms with Gasteiger partial charge in [-0.3, -0.25) is 4.90 Å². The summed E-state index contributed by atoms with van der Waals surface area (Å²) in [6.45, 7) is 4.42. The van der Waals surface area contributed by atoms with Crippen molar-refractivity contribution in [3.8, 4) is 0 Å². The van der Waals surface area contributed by atoms with Crippen molar-refractivity contribution in [3.05, 3.63) is 35.6 Å². The summed E-state index contributed by atoms with van der Waals surface area (Å²) in [5.74, 6) is -0.148. The Labute approximate surface area is 108 Å².